The van der Waals surface area contributed by atoms with Crippen molar-refractivity contribution in [3.8, 4) is 0 Å². The summed E-state index contributed by atoms with van der Waals surface area (Å²) in [6, 6.07) is 15.3. The van der Waals surface area contributed by atoms with Crippen LogP contribution in [0.1, 0.15) is 39.5 Å². The van der Waals surface area contributed by atoms with Gasteiger partial charge in [-0.25, -0.2) is 0 Å². The normalized spacial score (nSPS) is 32.6. The molecule has 6 atom stereocenters. The number of imide groups is 1. The number of rotatable bonds is 4. The Morgan fingerprint density at radius 2 is 1.65 bits per heavy atom. The van der Waals surface area contributed by atoms with Gasteiger partial charge in [-0.1, -0.05) is 49.4 Å². The summed E-state index contributed by atoms with van der Waals surface area (Å²) in [7, 11) is 0. The number of carbonyl (C=O) groups is 2. The monoisotopic (exact) mass is 441 g/mol. The third kappa shape index (κ3) is 3.48. The topological polar surface area (TPSA) is 85.3 Å². The van der Waals surface area contributed by atoms with Crippen molar-refractivity contribution < 1.29 is 28.9 Å². The average molecular weight is 442 g/mol. The molecule has 2 fully saturated rings. The van der Waals surface area contributed by atoms with Gasteiger partial charge in [0.05, 0.1) is 17.7 Å². The standard InChI is InChI=1S/C23H23NO6S/c1-2-31-23-17(24-20(26)14-10-6-7-11-15(14)21(24)27)18(25)19-16(29-23)12-28-22(30-19)13-8-4-3-5-9-13/h3-11,16-19,22-23,25H,2,12H2,1H3/t16-,17-,18-,19-,22+,23+/m1/s1. The quantitative estimate of drug-likeness (QED) is 0.730. The van der Waals surface area contributed by atoms with Crippen LogP contribution in [0.15, 0.2) is 54.6 Å². The Balaban J connectivity index is 1.45. The van der Waals surface area contributed by atoms with E-state index in [-0.39, 0.29) is 6.61 Å². The molecule has 5 rings (SSSR count). The molecule has 3 aliphatic rings. The number of thioether (sulfide) groups is 1. The summed E-state index contributed by atoms with van der Waals surface area (Å²) in [6.45, 7) is 2.21. The summed E-state index contributed by atoms with van der Waals surface area (Å²) in [5, 5.41) is 11.4. The van der Waals surface area contributed by atoms with Crippen molar-refractivity contribution >= 4 is 23.6 Å². The van der Waals surface area contributed by atoms with Crippen LogP contribution in [0.2, 0.25) is 0 Å². The summed E-state index contributed by atoms with van der Waals surface area (Å²) in [5.74, 6) is -0.136. The first kappa shape index (κ1) is 20.7. The van der Waals surface area contributed by atoms with Crippen LogP contribution in [0.4, 0.5) is 0 Å². The number of nitrogens with zero attached hydrogens (tertiary/aromatic N) is 1. The molecule has 0 bridgehead atoms. The molecule has 2 aromatic carbocycles. The third-order valence-electron chi connectivity index (χ3n) is 5.86. The fourth-order valence-electron chi connectivity index (χ4n) is 4.41. The van der Waals surface area contributed by atoms with Crippen LogP contribution in [0, 0.1) is 0 Å². The van der Waals surface area contributed by atoms with Crippen LogP contribution in [0.5, 0.6) is 0 Å². The van der Waals surface area contributed by atoms with Gasteiger partial charge in [0.25, 0.3) is 11.8 Å². The molecule has 2 amide bonds. The minimum absolute atomic E-state index is 0.247. The molecule has 0 saturated carbocycles. The van der Waals surface area contributed by atoms with Crippen LogP contribution in [-0.4, -0.2) is 64.0 Å². The summed E-state index contributed by atoms with van der Waals surface area (Å²) in [4.78, 5) is 27.4. The van der Waals surface area contributed by atoms with Crippen molar-refractivity contribution in [2.45, 2.75) is 43.0 Å². The second-order valence-corrected chi connectivity index (χ2v) is 9.06. The Hall–Kier alpha value is -2.23. The maximum atomic E-state index is 13.1. The second kappa shape index (κ2) is 8.37. The lowest BCUT2D eigenvalue weighted by atomic mass is 9.95. The van der Waals surface area contributed by atoms with Gasteiger partial charge in [0.15, 0.2) is 6.29 Å². The van der Waals surface area contributed by atoms with Crippen molar-refractivity contribution in [1.29, 1.82) is 0 Å². The highest BCUT2D eigenvalue weighted by Crippen LogP contribution is 2.40. The van der Waals surface area contributed by atoms with Crippen molar-refractivity contribution in [1.82, 2.24) is 4.90 Å². The molecular formula is C23H23NO6S. The van der Waals surface area contributed by atoms with E-state index in [4.69, 9.17) is 14.2 Å². The van der Waals surface area contributed by atoms with Gasteiger partial charge in [-0.2, -0.15) is 0 Å². The van der Waals surface area contributed by atoms with E-state index in [0.29, 0.717) is 16.9 Å². The minimum atomic E-state index is -1.11. The van der Waals surface area contributed by atoms with Crippen LogP contribution >= 0.6 is 11.8 Å². The molecule has 0 unspecified atom stereocenters. The molecular weight excluding hydrogens is 418 g/mol. The number of fused-ring (bicyclic) bond motifs is 2. The Labute approximate surface area is 184 Å². The van der Waals surface area contributed by atoms with E-state index in [9.17, 15) is 14.7 Å². The molecule has 31 heavy (non-hydrogen) atoms. The highest BCUT2D eigenvalue weighted by atomic mass is 32.2. The Bertz CT molecular complexity index is 950. The van der Waals surface area contributed by atoms with Crippen molar-refractivity contribution in [2.24, 2.45) is 0 Å². The molecule has 8 heteroatoms. The predicted molar refractivity (Wildman–Crippen MR) is 114 cm³/mol. The van der Waals surface area contributed by atoms with Gasteiger partial charge in [-0.05, 0) is 17.9 Å². The smallest absolute Gasteiger partial charge is 0.262 e. The predicted octanol–water partition coefficient (Wildman–Crippen LogP) is 2.60. The summed E-state index contributed by atoms with van der Waals surface area (Å²) in [6.07, 6.45) is -2.99. The lowest BCUT2D eigenvalue weighted by Crippen LogP contribution is -2.66. The molecule has 7 nitrogen and oxygen atoms in total. The highest BCUT2D eigenvalue weighted by molar-refractivity contribution is 7.99. The maximum absolute atomic E-state index is 13.1. The Morgan fingerprint density at radius 1 is 1.00 bits per heavy atom. The zero-order chi connectivity index (χ0) is 21.5. The number of ether oxygens (including phenoxy) is 3. The Kier molecular flexibility index (Phi) is 5.58. The summed E-state index contributed by atoms with van der Waals surface area (Å²) < 4.78 is 18.2. The first-order valence-electron chi connectivity index (χ1n) is 10.3. The van der Waals surface area contributed by atoms with Crippen molar-refractivity contribution in [2.75, 3.05) is 12.4 Å². The molecule has 0 aromatic heterocycles. The average Bonchev–Trinajstić information content (AvgIpc) is 3.05. The molecule has 0 spiro atoms. The molecule has 2 aromatic rings. The fourth-order valence-corrected chi connectivity index (χ4v) is 5.44. The van der Waals surface area contributed by atoms with Gasteiger partial charge >= 0.3 is 0 Å². The van der Waals surface area contributed by atoms with Crippen LogP contribution in [0.25, 0.3) is 0 Å². The van der Waals surface area contributed by atoms with Crippen LogP contribution < -0.4 is 0 Å². The van der Waals surface area contributed by atoms with Gasteiger partial charge < -0.3 is 19.3 Å². The lowest BCUT2D eigenvalue weighted by Gasteiger charge is -2.49. The number of carbonyl (C=O) groups excluding carboxylic acids is 2. The largest absolute Gasteiger partial charge is 0.388 e. The van der Waals surface area contributed by atoms with E-state index < -0.39 is 47.9 Å². The van der Waals surface area contributed by atoms with E-state index in [2.05, 4.69) is 0 Å². The van der Waals surface area contributed by atoms with Gasteiger partial charge in [0.1, 0.15) is 29.8 Å². The van der Waals surface area contributed by atoms with Gasteiger partial charge in [-0.15, -0.1) is 11.8 Å². The second-order valence-electron chi connectivity index (χ2n) is 7.68. The summed E-state index contributed by atoms with van der Waals surface area (Å²) in [5.41, 5.74) is 0.939. The molecule has 2 saturated heterocycles. The van der Waals surface area contributed by atoms with E-state index in [1.807, 2.05) is 37.3 Å². The van der Waals surface area contributed by atoms with Crippen LogP contribution in [0.3, 0.4) is 0 Å². The van der Waals surface area contributed by atoms with Crippen LogP contribution in [-0.2, 0) is 14.2 Å². The van der Waals surface area contributed by atoms with E-state index >= 15 is 0 Å². The molecule has 0 aliphatic carbocycles. The first-order chi connectivity index (χ1) is 15.1. The first-order valence-corrected chi connectivity index (χ1v) is 11.4. The maximum Gasteiger partial charge on any atom is 0.262 e. The molecule has 1 N–H and O–H groups in total. The summed E-state index contributed by atoms with van der Waals surface area (Å²) >= 11 is 1.45. The molecule has 3 aliphatic heterocycles. The zero-order valence-electron chi connectivity index (χ0n) is 16.9. The lowest BCUT2D eigenvalue weighted by molar-refractivity contribution is -0.310. The zero-order valence-corrected chi connectivity index (χ0v) is 17.7. The van der Waals surface area contributed by atoms with Gasteiger partial charge in [-0.3, -0.25) is 14.5 Å². The van der Waals surface area contributed by atoms with Gasteiger partial charge in [0, 0.05) is 5.56 Å². The molecule has 0 radical (unpaired) electrons. The fraction of sp³-hybridized carbons (Fsp3) is 0.391. The highest BCUT2D eigenvalue weighted by Gasteiger charge is 2.55. The number of hydrogen-bond donors (Lipinski definition) is 1. The molecule has 162 valence electrons. The van der Waals surface area contributed by atoms with E-state index in [1.54, 1.807) is 24.3 Å². The minimum Gasteiger partial charge on any atom is -0.388 e. The number of aliphatic hydroxyl groups excluding tert-OH is 1. The SMILES string of the molecule is CCS[C@@H]1O[C@@H]2CO[C@H](c3ccccc3)O[C@H]2[C@H](O)[C@H]1N1C(=O)c2ccccc2C1=O. The number of amides is 2. The third-order valence-corrected chi connectivity index (χ3v) is 6.91. The van der Waals surface area contributed by atoms with Crippen molar-refractivity contribution in [3.05, 3.63) is 71.3 Å². The van der Waals surface area contributed by atoms with Gasteiger partial charge in [0.2, 0.25) is 0 Å². The van der Waals surface area contributed by atoms with E-state index in [1.165, 1.54) is 11.8 Å². The van der Waals surface area contributed by atoms with Crippen molar-refractivity contribution in [3.63, 3.8) is 0 Å². The number of aliphatic hydroxyl groups is 1. The van der Waals surface area contributed by atoms with E-state index in [0.717, 1.165) is 10.5 Å². The Morgan fingerprint density at radius 3 is 2.29 bits per heavy atom. The molecule has 3 heterocycles. The number of hydrogen-bond acceptors (Lipinski definition) is 7. The number of benzene rings is 2.